The van der Waals surface area contributed by atoms with Crippen LogP contribution in [-0.4, -0.2) is 30.5 Å². The molecule has 20 heavy (non-hydrogen) atoms. The van der Waals surface area contributed by atoms with Crippen molar-refractivity contribution in [3.63, 3.8) is 0 Å². The van der Waals surface area contributed by atoms with E-state index in [0.29, 0.717) is 19.8 Å². The quantitative estimate of drug-likeness (QED) is 0.682. The molecule has 0 saturated heterocycles. The lowest BCUT2D eigenvalue weighted by atomic mass is 10.1. The van der Waals surface area contributed by atoms with Crippen LogP contribution in [0.4, 0.5) is 0 Å². The molecule has 4 nitrogen and oxygen atoms in total. The highest BCUT2D eigenvalue weighted by Crippen LogP contribution is 2.31. The number of hydrogen-bond acceptors (Lipinski definition) is 4. The maximum absolute atomic E-state index is 9.29. The fourth-order valence-corrected chi connectivity index (χ4v) is 1.67. The largest absolute Gasteiger partial charge is 0.490 e. The van der Waals surface area contributed by atoms with Gasteiger partial charge in [-0.15, -0.1) is 0 Å². The molecule has 1 aromatic rings. The zero-order chi connectivity index (χ0) is 15.0. The van der Waals surface area contributed by atoms with Gasteiger partial charge in [-0.2, -0.15) is 0 Å². The molecule has 2 N–H and O–H groups in total. The molecule has 0 unspecified atom stereocenters. The molecular weight excluding hydrogens is 254 g/mol. The van der Waals surface area contributed by atoms with Gasteiger partial charge >= 0.3 is 0 Å². The summed E-state index contributed by atoms with van der Waals surface area (Å²) >= 11 is 0. The van der Waals surface area contributed by atoms with Crippen LogP contribution in [0.15, 0.2) is 30.9 Å². The Balaban J connectivity index is 2.92. The van der Waals surface area contributed by atoms with E-state index in [9.17, 15) is 5.11 Å². The maximum atomic E-state index is 9.29. The van der Waals surface area contributed by atoms with E-state index in [0.717, 1.165) is 17.1 Å². The number of aliphatic hydroxyl groups is 1. The van der Waals surface area contributed by atoms with Crippen molar-refractivity contribution >= 4 is 0 Å². The van der Waals surface area contributed by atoms with E-state index in [1.165, 1.54) is 0 Å². The molecular formula is C16H25NO3. The van der Waals surface area contributed by atoms with Crippen molar-refractivity contribution in [1.82, 2.24) is 5.32 Å². The topological polar surface area (TPSA) is 50.7 Å². The third kappa shape index (κ3) is 4.87. The first-order valence-corrected chi connectivity index (χ1v) is 6.88. The number of nitrogens with one attached hydrogen (secondary N) is 1. The van der Waals surface area contributed by atoms with Gasteiger partial charge in [0.1, 0.15) is 6.61 Å². The van der Waals surface area contributed by atoms with Crippen molar-refractivity contribution in [2.45, 2.75) is 32.9 Å². The van der Waals surface area contributed by atoms with Crippen LogP contribution in [0.1, 0.15) is 26.3 Å². The Bertz CT molecular complexity index is 430. The highest BCUT2D eigenvalue weighted by atomic mass is 16.5. The van der Waals surface area contributed by atoms with Gasteiger partial charge in [0.2, 0.25) is 0 Å². The second-order valence-electron chi connectivity index (χ2n) is 5.17. The van der Waals surface area contributed by atoms with Crippen LogP contribution in [0.3, 0.4) is 0 Å². The smallest absolute Gasteiger partial charge is 0.166 e. The van der Waals surface area contributed by atoms with E-state index in [1.807, 2.05) is 39.0 Å². The van der Waals surface area contributed by atoms with Crippen molar-refractivity contribution in [2.75, 3.05) is 19.8 Å². The average molecular weight is 279 g/mol. The Morgan fingerprint density at radius 2 is 2.10 bits per heavy atom. The molecule has 4 heteroatoms. The third-order valence-electron chi connectivity index (χ3n) is 2.86. The molecule has 0 aliphatic carbocycles. The summed E-state index contributed by atoms with van der Waals surface area (Å²) in [5, 5.41) is 12.6. The summed E-state index contributed by atoms with van der Waals surface area (Å²) in [4.78, 5) is 0. The Hall–Kier alpha value is -1.52. The molecule has 1 rings (SSSR count). The summed E-state index contributed by atoms with van der Waals surface area (Å²) in [6.07, 6.45) is 1.71. The van der Waals surface area contributed by atoms with Crippen LogP contribution in [-0.2, 0) is 6.54 Å². The Kier molecular flexibility index (Phi) is 6.55. The van der Waals surface area contributed by atoms with Gasteiger partial charge in [-0.1, -0.05) is 24.8 Å². The van der Waals surface area contributed by atoms with Crippen molar-refractivity contribution in [3.05, 3.63) is 36.4 Å². The van der Waals surface area contributed by atoms with E-state index >= 15 is 0 Å². The lowest BCUT2D eigenvalue weighted by Crippen LogP contribution is -2.42. The fourth-order valence-electron chi connectivity index (χ4n) is 1.67. The minimum Gasteiger partial charge on any atom is -0.490 e. The average Bonchev–Trinajstić information content (AvgIpc) is 2.44. The number of para-hydroxylation sites is 1. The first-order valence-electron chi connectivity index (χ1n) is 6.88. The zero-order valence-electron chi connectivity index (χ0n) is 12.6. The lowest BCUT2D eigenvalue weighted by Gasteiger charge is -2.24. The van der Waals surface area contributed by atoms with Crippen LogP contribution < -0.4 is 14.8 Å². The summed E-state index contributed by atoms with van der Waals surface area (Å²) in [5.74, 6) is 1.46. The van der Waals surface area contributed by atoms with Crippen LogP contribution in [0.25, 0.3) is 0 Å². The van der Waals surface area contributed by atoms with Gasteiger partial charge in [0.05, 0.1) is 13.2 Å². The van der Waals surface area contributed by atoms with Crippen molar-refractivity contribution < 1.29 is 14.6 Å². The van der Waals surface area contributed by atoms with Crippen LogP contribution in [0.2, 0.25) is 0 Å². The van der Waals surface area contributed by atoms with Crippen LogP contribution >= 0.6 is 0 Å². The second kappa shape index (κ2) is 7.92. The van der Waals surface area contributed by atoms with E-state index in [2.05, 4.69) is 11.9 Å². The van der Waals surface area contributed by atoms with Crippen molar-refractivity contribution in [1.29, 1.82) is 0 Å². The third-order valence-corrected chi connectivity index (χ3v) is 2.86. The number of benzene rings is 1. The summed E-state index contributed by atoms with van der Waals surface area (Å²) < 4.78 is 11.3. The highest BCUT2D eigenvalue weighted by molar-refractivity contribution is 5.46. The van der Waals surface area contributed by atoms with Crippen molar-refractivity contribution in [2.24, 2.45) is 0 Å². The van der Waals surface area contributed by atoms with Gasteiger partial charge in [0, 0.05) is 17.6 Å². The molecule has 0 amide bonds. The van der Waals surface area contributed by atoms with Crippen LogP contribution in [0, 0.1) is 0 Å². The van der Waals surface area contributed by atoms with Gasteiger partial charge < -0.3 is 19.9 Å². The van der Waals surface area contributed by atoms with E-state index in [-0.39, 0.29) is 12.1 Å². The minimum absolute atomic E-state index is 0.0704. The zero-order valence-corrected chi connectivity index (χ0v) is 12.6. The van der Waals surface area contributed by atoms with Crippen LogP contribution in [0.5, 0.6) is 11.5 Å². The van der Waals surface area contributed by atoms with Crippen molar-refractivity contribution in [3.8, 4) is 11.5 Å². The van der Waals surface area contributed by atoms with Gasteiger partial charge in [0.25, 0.3) is 0 Å². The maximum Gasteiger partial charge on any atom is 0.166 e. The van der Waals surface area contributed by atoms with Gasteiger partial charge in [0.15, 0.2) is 11.5 Å². The van der Waals surface area contributed by atoms with E-state index in [4.69, 9.17) is 9.47 Å². The summed E-state index contributed by atoms with van der Waals surface area (Å²) in [7, 11) is 0. The SMILES string of the molecule is C=CCOc1c(CNC(C)(C)CO)cccc1OCC. The first kappa shape index (κ1) is 16.5. The molecule has 0 radical (unpaired) electrons. The normalized spacial score (nSPS) is 11.2. The summed E-state index contributed by atoms with van der Waals surface area (Å²) in [6, 6.07) is 5.82. The van der Waals surface area contributed by atoms with Gasteiger partial charge in [-0.25, -0.2) is 0 Å². The highest BCUT2D eigenvalue weighted by Gasteiger charge is 2.17. The fraction of sp³-hybridized carbons (Fsp3) is 0.500. The predicted octanol–water partition coefficient (Wildman–Crippen LogP) is 2.51. The first-order chi connectivity index (χ1) is 9.54. The Labute approximate surface area is 121 Å². The molecule has 0 atom stereocenters. The molecule has 112 valence electrons. The van der Waals surface area contributed by atoms with Gasteiger partial charge in [-0.05, 0) is 26.8 Å². The van der Waals surface area contributed by atoms with E-state index < -0.39 is 0 Å². The molecule has 0 aliphatic rings. The molecule has 0 aliphatic heterocycles. The Morgan fingerprint density at radius 1 is 1.35 bits per heavy atom. The minimum atomic E-state index is -0.336. The molecule has 0 aromatic heterocycles. The molecule has 0 spiro atoms. The standard InChI is InChI=1S/C16H25NO3/c1-5-10-20-15-13(11-17-16(3,4)12-18)8-7-9-14(15)19-6-2/h5,7-9,17-18H,1,6,10-12H2,2-4H3. The number of rotatable bonds is 9. The number of ether oxygens (including phenoxy) is 2. The monoisotopic (exact) mass is 279 g/mol. The van der Waals surface area contributed by atoms with Gasteiger partial charge in [-0.3, -0.25) is 0 Å². The molecule has 0 saturated carbocycles. The number of aliphatic hydroxyl groups excluding tert-OH is 1. The molecule has 0 heterocycles. The summed E-state index contributed by atoms with van der Waals surface area (Å²) in [5.41, 5.74) is 0.663. The second-order valence-corrected chi connectivity index (χ2v) is 5.17. The molecule has 0 fully saturated rings. The Morgan fingerprint density at radius 3 is 2.70 bits per heavy atom. The van der Waals surface area contributed by atoms with E-state index in [1.54, 1.807) is 6.08 Å². The molecule has 0 bridgehead atoms. The molecule has 1 aromatic carbocycles. The predicted molar refractivity (Wildman–Crippen MR) is 81.3 cm³/mol. The lowest BCUT2D eigenvalue weighted by molar-refractivity contribution is 0.186. The number of hydrogen-bond donors (Lipinski definition) is 2. The summed E-state index contributed by atoms with van der Waals surface area (Å²) in [6.45, 7) is 11.2.